The minimum atomic E-state index is -0.667. The van der Waals surface area contributed by atoms with Gasteiger partial charge in [-0.2, -0.15) is 0 Å². The van der Waals surface area contributed by atoms with Crippen LogP contribution in [0, 0.1) is 0 Å². The highest BCUT2D eigenvalue weighted by Gasteiger charge is 2.18. The highest BCUT2D eigenvalue weighted by Crippen LogP contribution is 2.28. The summed E-state index contributed by atoms with van der Waals surface area (Å²) >= 11 is 5.76. The molecule has 3 nitrogen and oxygen atoms in total. The molecular weight excluding hydrogens is 237 g/mol. The Bertz CT molecular complexity index is 320. The summed E-state index contributed by atoms with van der Waals surface area (Å²) in [5.41, 5.74) is 6.23. The van der Waals surface area contributed by atoms with Gasteiger partial charge in [0.25, 0.3) is 0 Å². The van der Waals surface area contributed by atoms with E-state index in [0.717, 1.165) is 0 Å². The highest BCUT2D eigenvalue weighted by atomic mass is 35.5. The SMILES string of the molecule is CC[C@H](O)[C@H](N)c1cc(Cl)ccc1O.Cl. The molecule has 4 N–H and O–H groups in total. The number of phenolic OH excluding ortho intramolecular Hbond substituents is 1. The average molecular weight is 252 g/mol. The Morgan fingerprint density at radius 1 is 1.47 bits per heavy atom. The standard InChI is InChI=1S/C10H14ClNO2.ClH/c1-2-8(13)10(12)7-5-6(11)3-4-9(7)14;/h3-5,8,10,13-14H,2,12H2,1H3;1H/t8-,10+;/m0./s1. The number of hydrogen-bond donors (Lipinski definition) is 3. The number of hydrogen-bond acceptors (Lipinski definition) is 3. The van der Waals surface area contributed by atoms with Gasteiger partial charge >= 0.3 is 0 Å². The van der Waals surface area contributed by atoms with Crippen molar-refractivity contribution in [2.75, 3.05) is 0 Å². The highest BCUT2D eigenvalue weighted by molar-refractivity contribution is 6.30. The smallest absolute Gasteiger partial charge is 0.120 e. The van der Waals surface area contributed by atoms with E-state index in [4.69, 9.17) is 17.3 Å². The van der Waals surface area contributed by atoms with E-state index < -0.39 is 12.1 Å². The Hall–Kier alpha value is -0.480. The number of aromatic hydroxyl groups is 1. The van der Waals surface area contributed by atoms with Gasteiger partial charge in [0, 0.05) is 10.6 Å². The van der Waals surface area contributed by atoms with Crippen LogP contribution in [0.4, 0.5) is 0 Å². The van der Waals surface area contributed by atoms with Crippen LogP contribution in [0.1, 0.15) is 24.9 Å². The number of phenols is 1. The molecule has 0 radical (unpaired) electrons. The van der Waals surface area contributed by atoms with E-state index in [1.54, 1.807) is 12.1 Å². The molecule has 0 heterocycles. The molecule has 0 aliphatic heterocycles. The Kier molecular flexibility index (Phi) is 5.98. The first-order valence-electron chi connectivity index (χ1n) is 4.48. The number of halogens is 2. The van der Waals surface area contributed by atoms with Crippen LogP contribution in [0.25, 0.3) is 0 Å². The lowest BCUT2D eigenvalue weighted by Crippen LogP contribution is -2.25. The molecule has 0 saturated heterocycles. The lowest BCUT2D eigenvalue weighted by Gasteiger charge is -2.18. The van der Waals surface area contributed by atoms with Gasteiger partial charge in [0.05, 0.1) is 12.1 Å². The van der Waals surface area contributed by atoms with Gasteiger partial charge in [0.2, 0.25) is 0 Å². The van der Waals surface area contributed by atoms with E-state index in [1.807, 2.05) is 6.92 Å². The van der Waals surface area contributed by atoms with Crippen molar-refractivity contribution in [2.24, 2.45) is 5.73 Å². The second-order valence-corrected chi connectivity index (χ2v) is 3.64. The zero-order valence-electron chi connectivity index (χ0n) is 8.35. The number of aliphatic hydroxyl groups is 1. The molecule has 1 aromatic rings. The molecule has 1 rings (SSSR count). The number of benzene rings is 1. The minimum Gasteiger partial charge on any atom is -0.508 e. The van der Waals surface area contributed by atoms with Crippen molar-refractivity contribution >= 4 is 24.0 Å². The molecule has 0 fully saturated rings. The van der Waals surface area contributed by atoms with Crippen LogP contribution in [0.5, 0.6) is 5.75 Å². The maximum atomic E-state index is 9.52. The number of rotatable bonds is 3. The van der Waals surface area contributed by atoms with Crippen molar-refractivity contribution in [3.63, 3.8) is 0 Å². The van der Waals surface area contributed by atoms with Gasteiger partial charge in [0.15, 0.2) is 0 Å². The van der Waals surface area contributed by atoms with E-state index in [1.165, 1.54) is 6.07 Å². The molecule has 15 heavy (non-hydrogen) atoms. The van der Waals surface area contributed by atoms with E-state index in [2.05, 4.69) is 0 Å². The van der Waals surface area contributed by atoms with Gasteiger partial charge < -0.3 is 15.9 Å². The number of nitrogens with two attached hydrogens (primary N) is 1. The van der Waals surface area contributed by atoms with Gasteiger partial charge in [-0.05, 0) is 24.6 Å². The summed E-state index contributed by atoms with van der Waals surface area (Å²) in [6, 6.07) is 4.02. The van der Waals surface area contributed by atoms with Gasteiger partial charge in [-0.15, -0.1) is 12.4 Å². The molecular formula is C10H15Cl2NO2. The summed E-state index contributed by atoms with van der Waals surface area (Å²) in [6.45, 7) is 1.83. The van der Waals surface area contributed by atoms with Crippen LogP contribution in [-0.4, -0.2) is 16.3 Å². The second-order valence-electron chi connectivity index (χ2n) is 3.20. The lowest BCUT2D eigenvalue weighted by molar-refractivity contribution is 0.139. The van der Waals surface area contributed by atoms with Gasteiger partial charge in [-0.25, -0.2) is 0 Å². The first-order chi connectivity index (χ1) is 6.56. The zero-order chi connectivity index (χ0) is 10.7. The molecule has 2 atom stereocenters. The van der Waals surface area contributed by atoms with Crippen molar-refractivity contribution in [1.29, 1.82) is 0 Å². The third kappa shape index (κ3) is 3.54. The molecule has 1 aromatic carbocycles. The Balaban J connectivity index is 0.00000196. The average Bonchev–Trinajstić information content (AvgIpc) is 2.19. The molecule has 0 saturated carbocycles. The number of aliphatic hydroxyl groups excluding tert-OH is 1. The van der Waals surface area contributed by atoms with Crippen LogP contribution in [0.15, 0.2) is 18.2 Å². The van der Waals surface area contributed by atoms with Crippen molar-refractivity contribution in [2.45, 2.75) is 25.5 Å². The maximum absolute atomic E-state index is 9.52. The summed E-state index contributed by atoms with van der Waals surface area (Å²) in [5.74, 6) is 0.0643. The van der Waals surface area contributed by atoms with Crippen molar-refractivity contribution in [3.8, 4) is 5.75 Å². The Morgan fingerprint density at radius 3 is 2.60 bits per heavy atom. The van der Waals surface area contributed by atoms with Gasteiger partial charge in [-0.1, -0.05) is 18.5 Å². The van der Waals surface area contributed by atoms with E-state index >= 15 is 0 Å². The third-order valence-electron chi connectivity index (χ3n) is 2.18. The first kappa shape index (κ1) is 14.5. The fourth-order valence-electron chi connectivity index (χ4n) is 1.25. The van der Waals surface area contributed by atoms with Crippen molar-refractivity contribution in [1.82, 2.24) is 0 Å². The largest absolute Gasteiger partial charge is 0.508 e. The van der Waals surface area contributed by atoms with E-state index in [0.29, 0.717) is 17.0 Å². The van der Waals surface area contributed by atoms with Crippen LogP contribution in [0.3, 0.4) is 0 Å². The predicted octanol–water partition coefficient (Wildman–Crippen LogP) is 2.24. The maximum Gasteiger partial charge on any atom is 0.120 e. The summed E-state index contributed by atoms with van der Waals surface area (Å²) in [6.07, 6.45) is -0.132. The third-order valence-corrected chi connectivity index (χ3v) is 2.42. The fraction of sp³-hybridized carbons (Fsp3) is 0.400. The predicted molar refractivity (Wildman–Crippen MR) is 63.6 cm³/mol. The Morgan fingerprint density at radius 2 is 2.07 bits per heavy atom. The van der Waals surface area contributed by atoms with E-state index in [-0.39, 0.29) is 18.2 Å². The minimum absolute atomic E-state index is 0. The first-order valence-corrected chi connectivity index (χ1v) is 4.86. The molecule has 0 aliphatic carbocycles. The molecule has 0 bridgehead atoms. The molecule has 86 valence electrons. The Labute approximate surface area is 100 Å². The molecule has 0 amide bonds. The zero-order valence-corrected chi connectivity index (χ0v) is 9.92. The quantitative estimate of drug-likeness (QED) is 0.772. The topological polar surface area (TPSA) is 66.5 Å². The van der Waals surface area contributed by atoms with Gasteiger partial charge in [-0.3, -0.25) is 0 Å². The molecule has 0 unspecified atom stereocenters. The van der Waals surface area contributed by atoms with Crippen molar-refractivity contribution in [3.05, 3.63) is 28.8 Å². The summed E-state index contributed by atoms with van der Waals surface area (Å²) in [4.78, 5) is 0. The van der Waals surface area contributed by atoms with Crippen LogP contribution < -0.4 is 5.73 Å². The monoisotopic (exact) mass is 251 g/mol. The molecule has 0 spiro atoms. The lowest BCUT2D eigenvalue weighted by atomic mass is 10.00. The van der Waals surface area contributed by atoms with Crippen LogP contribution in [-0.2, 0) is 0 Å². The molecule has 0 aromatic heterocycles. The van der Waals surface area contributed by atoms with Crippen LogP contribution in [0.2, 0.25) is 5.02 Å². The van der Waals surface area contributed by atoms with Gasteiger partial charge in [0.1, 0.15) is 5.75 Å². The normalized spacial score (nSPS) is 14.1. The fourth-order valence-corrected chi connectivity index (χ4v) is 1.43. The summed E-state index contributed by atoms with van der Waals surface area (Å²) in [7, 11) is 0. The van der Waals surface area contributed by atoms with Crippen molar-refractivity contribution < 1.29 is 10.2 Å². The van der Waals surface area contributed by atoms with Crippen LogP contribution >= 0.6 is 24.0 Å². The summed E-state index contributed by atoms with van der Waals surface area (Å²) in [5, 5.41) is 19.5. The van der Waals surface area contributed by atoms with E-state index in [9.17, 15) is 10.2 Å². The molecule has 0 aliphatic rings. The summed E-state index contributed by atoms with van der Waals surface area (Å²) < 4.78 is 0. The second kappa shape index (κ2) is 6.18. The molecule has 5 heteroatoms.